The van der Waals surface area contributed by atoms with Gasteiger partial charge in [-0.15, -0.1) is 6.42 Å². The van der Waals surface area contributed by atoms with Crippen LogP contribution in [-0.2, 0) is 20.9 Å². The van der Waals surface area contributed by atoms with Crippen molar-refractivity contribution in [2.24, 2.45) is 0 Å². The third kappa shape index (κ3) is 5.64. The number of amides is 1. The van der Waals surface area contributed by atoms with Crippen LogP contribution >= 0.6 is 0 Å². The Hall–Kier alpha value is -3.33. The number of ether oxygens (including phenoxy) is 1. The van der Waals surface area contributed by atoms with Crippen LogP contribution in [0.4, 0.5) is 15.8 Å². The van der Waals surface area contributed by atoms with Gasteiger partial charge in [-0.2, -0.15) is 0 Å². The molecule has 1 amide bonds. The lowest BCUT2D eigenvalue weighted by molar-refractivity contribution is -0.142. The molecule has 0 atom stereocenters. The van der Waals surface area contributed by atoms with Gasteiger partial charge in [0.2, 0.25) is 5.91 Å². The van der Waals surface area contributed by atoms with Crippen molar-refractivity contribution in [1.82, 2.24) is 0 Å². The number of nitrogens with zero attached hydrogens (tertiary/aromatic N) is 1. The third-order valence-corrected chi connectivity index (χ3v) is 3.62. The number of carbonyl (C=O) groups excluding carboxylic acids is 2. The number of terminal acetylenes is 1. The summed E-state index contributed by atoms with van der Waals surface area (Å²) in [5.74, 6) is 1.27. The fourth-order valence-corrected chi connectivity index (χ4v) is 2.32. The Morgan fingerprint density at radius 1 is 1.15 bits per heavy atom. The molecule has 0 bridgehead atoms. The Bertz CT molecular complexity index is 795. The molecule has 134 valence electrons. The molecule has 0 saturated heterocycles. The summed E-state index contributed by atoms with van der Waals surface area (Å²) >= 11 is 0. The topological polar surface area (TPSA) is 58.6 Å². The minimum Gasteiger partial charge on any atom is -0.469 e. The highest BCUT2D eigenvalue weighted by molar-refractivity contribution is 6.01. The third-order valence-electron chi connectivity index (χ3n) is 3.62. The molecular weight excluding hydrogens is 335 g/mol. The number of hydrogen-bond donors (Lipinski definition) is 1. The predicted molar refractivity (Wildman–Crippen MR) is 98.0 cm³/mol. The molecule has 2 aromatic carbocycles. The minimum absolute atomic E-state index is 0.288. The molecule has 0 aliphatic rings. The molecular formula is C20H19FN2O3. The summed E-state index contributed by atoms with van der Waals surface area (Å²) < 4.78 is 17.5. The van der Waals surface area contributed by atoms with Crippen molar-refractivity contribution < 1.29 is 18.7 Å². The molecule has 5 nitrogen and oxygen atoms in total. The van der Waals surface area contributed by atoms with Gasteiger partial charge in [0.25, 0.3) is 0 Å². The van der Waals surface area contributed by atoms with Crippen LogP contribution in [-0.4, -0.2) is 25.5 Å². The predicted octanol–water partition coefficient (Wildman–Crippen LogP) is 2.97. The number of carbonyl (C=O) groups is 2. The highest BCUT2D eigenvalue weighted by Crippen LogP contribution is 2.20. The molecule has 0 radical (unpaired) electrons. The smallest absolute Gasteiger partial charge is 0.315 e. The second-order valence-electron chi connectivity index (χ2n) is 5.53. The Labute approximate surface area is 151 Å². The van der Waals surface area contributed by atoms with Crippen molar-refractivity contribution in [1.29, 1.82) is 0 Å². The van der Waals surface area contributed by atoms with Gasteiger partial charge in [0.15, 0.2) is 0 Å². The monoisotopic (exact) mass is 354 g/mol. The van der Waals surface area contributed by atoms with Crippen molar-refractivity contribution in [2.45, 2.75) is 13.0 Å². The molecule has 0 unspecified atom stereocenters. The minimum atomic E-state index is -0.599. The van der Waals surface area contributed by atoms with Crippen LogP contribution in [0, 0.1) is 18.2 Å². The first-order valence-electron chi connectivity index (χ1n) is 7.91. The number of methoxy groups -OCH3 is 1. The van der Waals surface area contributed by atoms with Crippen LogP contribution in [0.1, 0.15) is 12.0 Å². The molecule has 2 aromatic rings. The van der Waals surface area contributed by atoms with Crippen molar-refractivity contribution in [2.75, 3.05) is 23.9 Å². The van der Waals surface area contributed by atoms with Crippen molar-refractivity contribution in [3.05, 3.63) is 59.9 Å². The lowest BCUT2D eigenvalue weighted by Crippen LogP contribution is -2.23. The van der Waals surface area contributed by atoms with Crippen LogP contribution in [0.2, 0.25) is 0 Å². The van der Waals surface area contributed by atoms with Crippen molar-refractivity contribution in [3.63, 3.8) is 0 Å². The van der Waals surface area contributed by atoms with E-state index in [4.69, 9.17) is 6.42 Å². The van der Waals surface area contributed by atoms with Gasteiger partial charge in [-0.25, -0.2) is 4.39 Å². The summed E-state index contributed by atoms with van der Waals surface area (Å²) in [7, 11) is 1.23. The SMILES string of the molecule is C#CCN(Cc1ccc(F)cc1)c1ccc(NC(=O)CC(=O)OC)cc1. The van der Waals surface area contributed by atoms with Crippen LogP contribution in [0.5, 0.6) is 0 Å². The Morgan fingerprint density at radius 3 is 2.38 bits per heavy atom. The van der Waals surface area contributed by atoms with E-state index in [1.54, 1.807) is 24.3 Å². The maximum atomic E-state index is 13.0. The van der Waals surface area contributed by atoms with Crippen LogP contribution in [0.25, 0.3) is 0 Å². The van der Waals surface area contributed by atoms with E-state index >= 15 is 0 Å². The van der Waals surface area contributed by atoms with Crippen LogP contribution in [0.15, 0.2) is 48.5 Å². The fourth-order valence-electron chi connectivity index (χ4n) is 2.32. The zero-order valence-corrected chi connectivity index (χ0v) is 14.4. The van der Waals surface area contributed by atoms with E-state index in [-0.39, 0.29) is 12.2 Å². The maximum absolute atomic E-state index is 13.0. The Balaban J connectivity index is 2.05. The summed E-state index contributed by atoms with van der Waals surface area (Å²) in [5.41, 5.74) is 2.35. The molecule has 26 heavy (non-hydrogen) atoms. The number of rotatable bonds is 7. The van der Waals surface area contributed by atoms with Crippen molar-refractivity contribution >= 4 is 23.3 Å². The average molecular weight is 354 g/mol. The van der Waals surface area contributed by atoms with Gasteiger partial charge in [-0.1, -0.05) is 18.1 Å². The fraction of sp³-hybridized carbons (Fsp3) is 0.200. The second kappa shape index (κ2) is 9.23. The van der Waals surface area contributed by atoms with Crippen molar-refractivity contribution in [3.8, 4) is 12.3 Å². The summed E-state index contributed by atoms with van der Waals surface area (Å²) in [4.78, 5) is 24.7. The lowest BCUT2D eigenvalue weighted by Gasteiger charge is -2.23. The van der Waals surface area contributed by atoms with E-state index in [2.05, 4.69) is 16.0 Å². The molecule has 0 heterocycles. The van der Waals surface area contributed by atoms with Gasteiger partial charge in [-0.3, -0.25) is 9.59 Å². The summed E-state index contributed by atoms with van der Waals surface area (Å²) in [6, 6.07) is 13.3. The van der Waals surface area contributed by atoms with E-state index in [9.17, 15) is 14.0 Å². The second-order valence-corrected chi connectivity index (χ2v) is 5.53. The molecule has 0 fully saturated rings. The number of esters is 1. The number of benzene rings is 2. The molecule has 2 rings (SSSR count). The van der Waals surface area contributed by atoms with E-state index in [0.29, 0.717) is 18.8 Å². The lowest BCUT2D eigenvalue weighted by atomic mass is 10.2. The number of halogens is 1. The molecule has 0 spiro atoms. The zero-order chi connectivity index (χ0) is 18.9. The van der Waals surface area contributed by atoms with Gasteiger partial charge in [-0.05, 0) is 42.0 Å². The summed E-state index contributed by atoms with van der Waals surface area (Å²) in [5, 5.41) is 2.62. The molecule has 0 aromatic heterocycles. The van der Waals surface area contributed by atoms with E-state index in [1.807, 2.05) is 17.0 Å². The Kier molecular flexibility index (Phi) is 6.75. The first-order chi connectivity index (χ1) is 12.5. The van der Waals surface area contributed by atoms with Gasteiger partial charge < -0.3 is 15.0 Å². The first-order valence-corrected chi connectivity index (χ1v) is 7.91. The summed E-state index contributed by atoms with van der Waals surface area (Å²) in [6.45, 7) is 0.907. The Morgan fingerprint density at radius 2 is 1.81 bits per heavy atom. The first kappa shape index (κ1) is 19.0. The average Bonchev–Trinajstić information content (AvgIpc) is 2.63. The highest BCUT2D eigenvalue weighted by Gasteiger charge is 2.11. The molecule has 0 aliphatic heterocycles. The summed E-state index contributed by atoms with van der Waals surface area (Å²) in [6.07, 6.45) is 5.11. The largest absolute Gasteiger partial charge is 0.469 e. The van der Waals surface area contributed by atoms with Crippen LogP contribution in [0.3, 0.4) is 0 Å². The van der Waals surface area contributed by atoms with Crippen LogP contribution < -0.4 is 10.2 Å². The van der Waals surface area contributed by atoms with E-state index in [1.165, 1.54) is 19.2 Å². The normalized spacial score (nSPS) is 9.88. The zero-order valence-electron chi connectivity index (χ0n) is 14.4. The maximum Gasteiger partial charge on any atom is 0.315 e. The van der Waals surface area contributed by atoms with Gasteiger partial charge >= 0.3 is 5.97 Å². The van der Waals surface area contributed by atoms with Gasteiger partial charge in [0.05, 0.1) is 13.7 Å². The number of anilines is 2. The molecule has 1 N–H and O–H groups in total. The number of hydrogen-bond acceptors (Lipinski definition) is 4. The molecule has 6 heteroatoms. The van der Waals surface area contributed by atoms with E-state index < -0.39 is 11.9 Å². The van der Waals surface area contributed by atoms with E-state index in [0.717, 1.165) is 11.3 Å². The van der Waals surface area contributed by atoms with Gasteiger partial charge in [0, 0.05) is 17.9 Å². The number of nitrogens with one attached hydrogen (secondary N) is 1. The highest BCUT2D eigenvalue weighted by atomic mass is 19.1. The molecule has 0 saturated carbocycles. The standard InChI is InChI=1S/C20H19FN2O3/c1-3-12-23(14-15-4-6-16(21)7-5-15)18-10-8-17(9-11-18)22-19(24)13-20(25)26-2/h1,4-11H,12-14H2,2H3,(H,22,24). The molecule has 0 aliphatic carbocycles. The quantitative estimate of drug-likeness (QED) is 0.472. The van der Waals surface area contributed by atoms with Gasteiger partial charge in [0.1, 0.15) is 12.2 Å².